The summed E-state index contributed by atoms with van der Waals surface area (Å²) in [6.45, 7) is 5.51. The maximum Gasteiger partial charge on any atom is 0.243 e. The fraction of sp³-hybridized carbons (Fsp3) is 0.471. The monoisotopic (exact) mass is 398 g/mol. The molecule has 1 aromatic carbocycles. The number of aryl methyl sites for hydroxylation is 2. The molecule has 0 bridgehead atoms. The molecule has 7 nitrogen and oxygen atoms in total. The first-order chi connectivity index (χ1) is 12.1. The van der Waals surface area contributed by atoms with Crippen LogP contribution in [-0.2, 0) is 19.9 Å². The van der Waals surface area contributed by atoms with Crippen molar-refractivity contribution in [3.8, 4) is 11.3 Å². The molecule has 142 valence electrons. The fourth-order valence-corrected chi connectivity index (χ4v) is 6.83. The zero-order valence-electron chi connectivity index (χ0n) is 15.0. The van der Waals surface area contributed by atoms with Crippen LogP contribution in [-0.4, -0.2) is 50.2 Å². The molecule has 1 atom stereocenters. The molecule has 0 radical (unpaired) electrons. The van der Waals surface area contributed by atoms with Crippen molar-refractivity contribution in [1.82, 2.24) is 9.29 Å². The average molecular weight is 399 g/mol. The van der Waals surface area contributed by atoms with Crippen LogP contribution in [0.5, 0.6) is 0 Å². The number of nitrogens with zero attached hydrogens (tertiary/aromatic N) is 2. The Morgan fingerprint density at radius 1 is 1.23 bits per heavy atom. The molecule has 1 aliphatic rings. The summed E-state index contributed by atoms with van der Waals surface area (Å²) >= 11 is 0. The van der Waals surface area contributed by atoms with Gasteiger partial charge in [-0.15, -0.1) is 0 Å². The second-order valence-corrected chi connectivity index (χ2v) is 10.5. The summed E-state index contributed by atoms with van der Waals surface area (Å²) in [6.07, 6.45) is 0.338. The Hall–Kier alpha value is -1.71. The van der Waals surface area contributed by atoms with Gasteiger partial charge < -0.3 is 4.42 Å². The number of oxazole rings is 1. The van der Waals surface area contributed by atoms with Gasteiger partial charge in [0.25, 0.3) is 0 Å². The van der Waals surface area contributed by atoms with Crippen molar-refractivity contribution in [2.45, 2.75) is 38.1 Å². The van der Waals surface area contributed by atoms with Crippen LogP contribution in [0.3, 0.4) is 0 Å². The van der Waals surface area contributed by atoms with Crippen molar-refractivity contribution >= 4 is 19.9 Å². The summed E-state index contributed by atoms with van der Waals surface area (Å²) in [4.78, 5) is 4.45. The molecular formula is C17H22N2O5S2. The van der Waals surface area contributed by atoms with Gasteiger partial charge in [-0.1, -0.05) is 19.1 Å². The van der Waals surface area contributed by atoms with Gasteiger partial charge in [0.1, 0.15) is 11.5 Å². The molecule has 1 aromatic heterocycles. The number of rotatable bonds is 5. The van der Waals surface area contributed by atoms with E-state index in [2.05, 4.69) is 4.98 Å². The first kappa shape index (κ1) is 19.1. The smallest absolute Gasteiger partial charge is 0.243 e. The van der Waals surface area contributed by atoms with Gasteiger partial charge in [0, 0.05) is 25.1 Å². The molecule has 0 spiro atoms. The van der Waals surface area contributed by atoms with Gasteiger partial charge >= 0.3 is 0 Å². The van der Waals surface area contributed by atoms with E-state index < -0.39 is 25.9 Å². The minimum absolute atomic E-state index is 0.0351. The summed E-state index contributed by atoms with van der Waals surface area (Å²) in [5, 5.41) is 0. The van der Waals surface area contributed by atoms with Crippen LogP contribution in [0.1, 0.15) is 25.0 Å². The Labute approximate surface area is 154 Å². The van der Waals surface area contributed by atoms with E-state index in [1.807, 2.05) is 0 Å². The van der Waals surface area contributed by atoms with Crippen LogP contribution in [0.2, 0.25) is 0 Å². The third kappa shape index (κ3) is 3.56. The Kier molecular flexibility index (Phi) is 4.98. The van der Waals surface area contributed by atoms with Crippen molar-refractivity contribution in [3.05, 3.63) is 35.9 Å². The van der Waals surface area contributed by atoms with E-state index in [9.17, 15) is 16.8 Å². The number of aromatic nitrogens is 1. The summed E-state index contributed by atoms with van der Waals surface area (Å²) in [5.41, 5.74) is 1.45. The van der Waals surface area contributed by atoms with E-state index in [4.69, 9.17) is 4.42 Å². The van der Waals surface area contributed by atoms with E-state index in [-0.39, 0.29) is 22.9 Å². The lowest BCUT2D eigenvalue weighted by Gasteiger charge is -2.26. The van der Waals surface area contributed by atoms with Crippen molar-refractivity contribution in [1.29, 1.82) is 0 Å². The highest BCUT2D eigenvalue weighted by Gasteiger charge is 2.37. The minimum Gasteiger partial charge on any atom is -0.446 e. The highest BCUT2D eigenvalue weighted by Crippen LogP contribution is 2.28. The van der Waals surface area contributed by atoms with Crippen LogP contribution in [0, 0.1) is 13.8 Å². The molecule has 0 aliphatic carbocycles. The van der Waals surface area contributed by atoms with Crippen LogP contribution >= 0.6 is 0 Å². The normalized spacial score (nSPS) is 19.9. The Balaban J connectivity index is 1.90. The predicted molar refractivity (Wildman–Crippen MR) is 98.0 cm³/mol. The number of sulfonamides is 1. The molecule has 1 unspecified atom stereocenters. The molecule has 1 fully saturated rings. The lowest BCUT2D eigenvalue weighted by molar-refractivity contribution is 0.354. The molecule has 1 saturated heterocycles. The second-order valence-electron chi connectivity index (χ2n) is 6.43. The van der Waals surface area contributed by atoms with Gasteiger partial charge in [0.2, 0.25) is 10.0 Å². The molecular weight excluding hydrogens is 376 g/mol. The molecule has 26 heavy (non-hydrogen) atoms. The highest BCUT2D eigenvalue weighted by molar-refractivity contribution is 7.92. The first-order valence-electron chi connectivity index (χ1n) is 8.41. The van der Waals surface area contributed by atoms with Gasteiger partial charge in [-0.3, -0.25) is 0 Å². The van der Waals surface area contributed by atoms with E-state index in [0.717, 1.165) is 5.56 Å². The topological polar surface area (TPSA) is 97.6 Å². The molecule has 9 heteroatoms. The molecule has 3 rings (SSSR count). The van der Waals surface area contributed by atoms with Gasteiger partial charge in [-0.2, -0.15) is 4.31 Å². The number of hydrogen-bond acceptors (Lipinski definition) is 6. The van der Waals surface area contributed by atoms with E-state index in [1.165, 1.54) is 16.4 Å². The molecule has 2 aromatic rings. The van der Waals surface area contributed by atoms with Crippen LogP contribution < -0.4 is 0 Å². The molecule has 0 saturated carbocycles. The maximum absolute atomic E-state index is 13.0. The van der Waals surface area contributed by atoms with Gasteiger partial charge in [0.05, 0.1) is 16.4 Å². The number of hydrogen-bond donors (Lipinski definition) is 0. The molecule has 0 amide bonds. The van der Waals surface area contributed by atoms with Crippen LogP contribution in [0.25, 0.3) is 11.3 Å². The van der Waals surface area contributed by atoms with Gasteiger partial charge in [0.15, 0.2) is 15.7 Å². The third-order valence-corrected chi connectivity index (χ3v) is 8.36. The predicted octanol–water partition coefficient (Wildman–Crippen LogP) is 2.16. The van der Waals surface area contributed by atoms with Crippen molar-refractivity contribution in [2.24, 2.45) is 0 Å². The van der Waals surface area contributed by atoms with Crippen molar-refractivity contribution in [3.63, 3.8) is 0 Å². The Bertz CT molecular complexity index is 1010. The highest BCUT2D eigenvalue weighted by atomic mass is 32.2. The van der Waals surface area contributed by atoms with E-state index in [1.54, 1.807) is 32.9 Å². The van der Waals surface area contributed by atoms with Crippen molar-refractivity contribution < 1.29 is 21.3 Å². The van der Waals surface area contributed by atoms with Crippen LogP contribution in [0.15, 0.2) is 33.6 Å². The number of benzene rings is 1. The lowest BCUT2D eigenvalue weighted by Crippen LogP contribution is -2.40. The largest absolute Gasteiger partial charge is 0.446 e. The molecule has 0 N–H and O–H groups in total. The molecule has 2 heterocycles. The van der Waals surface area contributed by atoms with Crippen LogP contribution in [0.4, 0.5) is 0 Å². The summed E-state index contributed by atoms with van der Waals surface area (Å²) in [5.74, 6) is 1.14. The van der Waals surface area contributed by atoms with E-state index >= 15 is 0 Å². The third-order valence-electron chi connectivity index (χ3n) is 4.57. The maximum atomic E-state index is 13.0. The standard InChI is InChI=1S/C17H22N2O5S2/c1-4-19(15-9-10-25(20,21)11-15)26(22,23)16-7-5-14(6-8-16)17-12(2)24-13(3)18-17/h5-8,15H,4,9-11H2,1-3H3. The van der Waals surface area contributed by atoms with Gasteiger partial charge in [-0.25, -0.2) is 21.8 Å². The zero-order chi connectivity index (χ0) is 19.1. The average Bonchev–Trinajstić information content (AvgIpc) is 3.09. The summed E-state index contributed by atoms with van der Waals surface area (Å²) < 4.78 is 56.1. The van der Waals surface area contributed by atoms with Gasteiger partial charge in [-0.05, 0) is 25.5 Å². The first-order valence-corrected chi connectivity index (χ1v) is 11.7. The minimum atomic E-state index is -3.76. The molecule has 1 aliphatic heterocycles. The second kappa shape index (κ2) is 6.79. The van der Waals surface area contributed by atoms with Crippen molar-refractivity contribution in [2.75, 3.05) is 18.1 Å². The Morgan fingerprint density at radius 2 is 1.88 bits per heavy atom. The van der Waals surface area contributed by atoms with E-state index in [0.29, 0.717) is 23.8 Å². The fourth-order valence-electron chi connectivity index (χ4n) is 3.34. The summed E-state index contributed by atoms with van der Waals surface area (Å²) in [7, 11) is -6.93. The SMILES string of the molecule is CCN(C1CCS(=O)(=O)C1)S(=O)(=O)c1ccc(-c2nc(C)oc2C)cc1. The number of sulfone groups is 1. The lowest BCUT2D eigenvalue weighted by atomic mass is 10.1. The quantitative estimate of drug-likeness (QED) is 0.765. The zero-order valence-corrected chi connectivity index (χ0v) is 16.6. The summed E-state index contributed by atoms with van der Waals surface area (Å²) in [6, 6.07) is 5.93. The Morgan fingerprint density at radius 3 is 2.35 bits per heavy atom.